The topological polar surface area (TPSA) is 119 Å². The molecule has 9 heteroatoms. The molecule has 1 aromatic carbocycles. The van der Waals surface area contributed by atoms with Gasteiger partial charge in [-0.05, 0) is 50.0 Å². The SMILES string of the molecule is O=C1CCC(N2C(=O)c3ccc(CN4CCC(NCCO)CC4)cc3C2=O)C(=O)N1. The minimum atomic E-state index is -0.941. The maximum atomic E-state index is 12.9. The summed E-state index contributed by atoms with van der Waals surface area (Å²) in [4.78, 5) is 52.5. The Morgan fingerprint density at radius 1 is 1.03 bits per heavy atom. The number of piperidine rings is 2. The van der Waals surface area contributed by atoms with E-state index < -0.39 is 23.8 Å². The molecule has 4 amide bonds. The van der Waals surface area contributed by atoms with Gasteiger partial charge in [0.1, 0.15) is 6.04 Å². The van der Waals surface area contributed by atoms with Crippen LogP contribution in [0.25, 0.3) is 0 Å². The van der Waals surface area contributed by atoms with E-state index in [2.05, 4.69) is 15.5 Å². The lowest BCUT2D eigenvalue weighted by Gasteiger charge is -2.32. The molecular weight excluding hydrogens is 388 g/mol. The van der Waals surface area contributed by atoms with Crippen molar-refractivity contribution in [1.82, 2.24) is 20.4 Å². The third-order valence-electron chi connectivity index (χ3n) is 6.04. The standard InChI is InChI=1S/C21H26N4O5/c26-10-7-22-14-5-8-24(9-6-14)12-13-1-2-15-16(11-13)21(30)25(20(15)29)17-3-4-18(27)23-19(17)28/h1-2,11,14,17,22,26H,3-10,12H2,(H,23,27,28). The Kier molecular flexibility index (Phi) is 5.94. The van der Waals surface area contributed by atoms with Gasteiger partial charge in [0.15, 0.2) is 0 Å². The first-order valence-corrected chi connectivity index (χ1v) is 10.4. The van der Waals surface area contributed by atoms with Crippen LogP contribution in [0, 0.1) is 0 Å². The van der Waals surface area contributed by atoms with Crippen molar-refractivity contribution in [3.63, 3.8) is 0 Å². The minimum Gasteiger partial charge on any atom is -0.395 e. The van der Waals surface area contributed by atoms with E-state index in [1.54, 1.807) is 12.1 Å². The summed E-state index contributed by atoms with van der Waals surface area (Å²) < 4.78 is 0. The monoisotopic (exact) mass is 414 g/mol. The first-order chi connectivity index (χ1) is 14.5. The van der Waals surface area contributed by atoms with Crippen molar-refractivity contribution < 1.29 is 24.3 Å². The van der Waals surface area contributed by atoms with Gasteiger partial charge in [-0.1, -0.05) is 6.07 Å². The number of imide groups is 2. The van der Waals surface area contributed by atoms with E-state index in [9.17, 15) is 19.2 Å². The van der Waals surface area contributed by atoms with Crippen LogP contribution in [0.3, 0.4) is 0 Å². The molecule has 1 aromatic rings. The molecule has 1 unspecified atom stereocenters. The molecule has 9 nitrogen and oxygen atoms in total. The molecule has 2 saturated heterocycles. The lowest BCUT2D eigenvalue weighted by molar-refractivity contribution is -0.136. The van der Waals surface area contributed by atoms with Crippen molar-refractivity contribution in [2.75, 3.05) is 26.2 Å². The number of hydrogen-bond acceptors (Lipinski definition) is 7. The molecule has 0 bridgehead atoms. The van der Waals surface area contributed by atoms with Crippen molar-refractivity contribution >= 4 is 23.6 Å². The van der Waals surface area contributed by atoms with Crippen LogP contribution in [0.5, 0.6) is 0 Å². The fourth-order valence-corrected chi connectivity index (χ4v) is 4.44. The second-order valence-corrected chi connectivity index (χ2v) is 8.06. The minimum absolute atomic E-state index is 0.109. The van der Waals surface area contributed by atoms with Gasteiger partial charge in [0.25, 0.3) is 11.8 Å². The predicted octanol–water partition coefficient (Wildman–Crippen LogP) is -0.366. The fraction of sp³-hybridized carbons (Fsp3) is 0.524. The number of hydrogen-bond donors (Lipinski definition) is 3. The Morgan fingerprint density at radius 2 is 1.77 bits per heavy atom. The molecule has 3 aliphatic rings. The summed E-state index contributed by atoms with van der Waals surface area (Å²) in [6, 6.07) is 4.73. The van der Waals surface area contributed by atoms with Gasteiger partial charge in [-0.15, -0.1) is 0 Å². The van der Waals surface area contributed by atoms with E-state index in [1.807, 2.05) is 6.07 Å². The normalized spacial score (nSPS) is 23.1. The van der Waals surface area contributed by atoms with E-state index in [0.717, 1.165) is 36.4 Å². The molecule has 0 aromatic heterocycles. The Bertz CT molecular complexity index is 878. The molecule has 0 radical (unpaired) electrons. The number of likely N-dealkylation sites (tertiary alicyclic amines) is 1. The number of fused-ring (bicyclic) bond motifs is 1. The van der Waals surface area contributed by atoms with Crippen LogP contribution in [-0.4, -0.2) is 76.9 Å². The lowest BCUT2D eigenvalue weighted by Crippen LogP contribution is -2.54. The van der Waals surface area contributed by atoms with Crippen LogP contribution >= 0.6 is 0 Å². The summed E-state index contributed by atoms with van der Waals surface area (Å²) in [5.74, 6) is -1.94. The Morgan fingerprint density at radius 3 is 2.47 bits per heavy atom. The Balaban J connectivity index is 1.42. The van der Waals surface area contributed by atoms with E-state index in [4.69, 9.17) is 5.11 Å². The number of carbonyl (C=O) groups is 4. The molecule has 2 fully saturated rings. The molecule has 160 valence electrons. The largest absolute Gasteiger partial charge is 0.395 e. The van der Waals surface area contributed by atoms with Crippen molar-refractivity contribution in [1.29, 1.82) is 0 Å². The van der Waals surface area contributed by atoms with Crippen molar-refractivity contribution in [3.8, 4) is 0 Å². The van der Waals surface area contributed by atoms with Crippen molar-refractivity contribution in [2.45, 2.75) is 44.3 Å². The fourth-order valence-electron chi connectivity index (χ4n) is 4.44. The summed E-state index contributed by atoms with van der Waals surface area (Å²) in [5.41, 5.74) is 1.57. The second kappa shape index (κ2) is 8.63. The Labute approximate surface area is 174 Å². The van der Waals surface area contributed by atoms with Crippen molar-refractivity contribution in [2.24, 2.45) is 0 Å². The molecule has 3 N–H and O–H groups in total. The quantitative estimate of drug-likeness (QED) is 0.544. The van der Waals surface area contributed by atoms with Gasteiger partial charge in [-0.25, -0.2) is 0 Å². The van der Waals surface area contributed by atoms with Crippen LogP contribution in [0.15, 0.2) is 18.2 Å². The average Bonchev–Trinajstić information content (AvgIpc) is 2.98. The molecule has 0 saturated carbocycles. The maximum Gasteiger partial charge on any atom is 0.262 e. The van der Waals surface area contributed by atoms with Crippen LogP contribution in [-0.2, 0) is 16.1 Å². The summed E-state index contributed by atoms with van der Waals surface area (Å²) in [5, 5.41) is 14.5. The third kappa shape index (κ3) is 4.00. The first kappa shape index (κ1) is 20.6. The van der Waals surface area contributed by atoms with Crippen LogP contribution in [0.2, 0.25) is 0 Å². The van der Waals surface area contributed by atoms with Crippen LogP contribution in [0.4, 0.5) is 0 Å². The zero-order chi connectivity index (χ0) is 21.3. The molecule has 3 heterocycles. The summed E-state index contributed by atoms with van der Waals surface area (Å²) in [7, 11) is 0. The zero-order valence-corrected chi connectivity index (χ0v) is 16.7. The predicted molar refractivity (Wildman–Crippen MR) is 107 cm³/mol. The van der Waals surface area contributed by atoms with Gasteiger partial charge in [-0.2, -0.15) is 0 Å². The van der Waals surface area contributed by atoms with Gasteiger partial charge in [0, 0.05) is 25.6 Å². The highest BCUT2D eigenvalue weighted by atomic mass is 16.3. The Hall–Kier alpha value is -2.62. The number of rotatable bonds is 6. The van der Waals surface area contributed by atoms with Gasteiger partial charge in [0.05, 0.1) is 17.7 Å². The molecular formula is C21H26N4O5. The maximum absolute atomic E-state index is 12.9. The average molecular weight is 414 g/mol. The number of amides is 4. The van der Waals surface area contributed by atoms with Crippen LogP contribution < -0.4 is 10.6 Å². The smallest absolute Gasteiger partial charge is 0.262 e. The van der Waals surface area contributed by atoms with E-state index in [-0.39, 0.29) is 25.4 Å². The number of nitrogens with one attached hydrogen (secondary N) is 2. The van der Waals surface area contributed by atoms with Gasteiger partial charge < -0.3 is 10.4 Å². The molecule has 1 atom stereocenters. The van der Waals surface area contributed by atoms with E-state index in [0.29, 0.717) is 30.3 Å². The second-order valence-electron chi connectivity index (χ2n) is 8.06. The number of nitrogens with zero attached hydrogens (tertiary/aromatic N) is 2. The highest BCUT2D eigenvalue weighted by molar-refractivity contribution is 6.23. The lowest BCUT2D eigenvalue weighted by atomic mass is 10.0. The van der Waals surface area contributed by atoms with E-state index >= 15 is 0 Å². The number of carbonyl (C=O) groups excluding carboxylic acids is 4. The third-order valence-corrected chi connectivity index (χ3v) is 6.04. The summed E-state index contributed by atoms with van der Waals surface area (Å²) in [6.07, 6.45) is 2.25. The van der Waals surface area contributed by atoms with Gasteiger partial charge in [0.2, 0.25) is 11.8 Å². The summed E-state index contributed by atoms with van der Waals surface area (Å²) in [6.45, 7) is 3.25. The van der Waals surface area contributed by atoms with Gasteiger partial charge >= 0.3 is 0 Å². The number of aliphatic hydroxyl groups is 1. The molecule has 4 rings (SSSR count). The molecule has 0 spiro atoms. The molecule has 30 heavy (non-hydrogen) atoms. The highest BCUT2D eigenvalue weighted by Gasteiger charge is 2.44. The highest BCUT2D eigenvalue weighted by Crippen LogP contribution is 2.29. The van der Waals surface area contributed by atoms with Gasteiger partial charge in [-0.3, -0.25) is 34.3 Å². The zero-order valence-electron chi connectivity index (χ0n) is 16.7. The number of benzene rings is 1. The first-order valence-electron chi connectivity index (χ1n) is 10.4. The molecule has 3 aliphatic heterocycles. The van der Waals surface area contributed by atoms with E-state index in [1.165, 1.54) is 0 Å². The molecule has 0 aliphatic carbocycles. The van der Waals surface area contributed by atoms with Crippen molar-refractivity contribution in [3.05, 3.63) is 34.9 Å². The van der Waals surface area contributed by atoms with Crippen LogP contribution in [0.1, 0.15) is 52.0 Å². The summed E-state index contributed by atoms with van der Waals surface area (Å²) >= 11 is 0. The number of aliphatic hydroxyl groups excluding tert-OH is 1.